The van der Waals surface area contributed by atoms with Crippen LogP contribution in [0.15, 0.2) is 53.2 Å². The molecule has 5 rings (SSSR count). The van der Waals surface area contributed by atoms with Crippen molar-refractivity contribution in [1.82, 2.24) is 29.7 Å². The van der Waals surface area contributed by atoms with Gasteiger partial charge in [0.15, 0.2) is 0 Å². The highest BCUT2D eigenvalue weighted by molar-refractivity contribution is 5.96. The third-order valence-electron chi connectivity index (χ3n) is 5.97. The zero-order valence-corrected chi connectivity index (χ0v) is 19.5. The highest BCUT2D eigenvalue weighted by Gasteiger charge is 2.38. The van der Waals surface area contributed by atoms with Crippen molar-refractivity contribution in [3.8, 4) is 11.4 Å². The van der Waals surface area contributed by atoms with Gasteiger partial charge >= 0.3 is 12.1 Å². The Kier molecular flexibility index (Phi) is 6.38. The van der Waals surface area contributed by atoms with Crippen LogP contribution in [-0.4, -0.2) is 68.6 Å². The Morgan fingerprint density at radius 3 is 2.65 bits per heavy atom. The molecule has 13 heteroatoms. The molecule has 1 atom stereocenters. The molecular formula is C24H21F3N6O4. The lowest BCUT2D eigenvalue weighted by Gasteiger charge is -2.35. The molecule has 37 heavy (non-hydrogen) atoms. The summed E-state index contributed by atoms with van der Waals surface area (Å²) in [6, 6.07) is 10.8. The number of aromatic nitrogens is 4. The molecule has 4 heterocycles. The zero-order chi connectivity index (χ0) is 26.2. The molecule has 0 aliphatic carbocycles. The summed E-state index contributed by atoms with van der Waals surface area (Å²) in [7, 11) is 0. The van der Waals surface area contributed by atoms with Crippen LogP contribution in [-0.2, 0) is 10.9 Å². The quantitative estimate of drug-likeness (QED) is 0.436. The van der Waals surface area contributed by atoms with Gasteiger partial charge in [-0.2, -0.15) is 18.2 Å². The molecule has 1 N–H and O–H groups in total. The van der Waals surface area contributed by atoms with E-state index in [2.05, 4.69) is 25.0 Å². The Balaban J connectivity index is 1.26. The number of carbonyl (C=O) groups excluding carboxylic acids is 2. The van der Waals surface area contributed by atoms with Crippen molar-refractivity contribution in [3.63, 3.8) is 0 Å². The zero-order valence-electron chi connectivity index (χ0n) is 19.5. The van der Waals surface area contributed by atoms with Crippen LogP contribution in [0.4, 0.5) is 13.2 Å². The second-order valence-corrected chi connectivity index (χ2v) is 8.41. The number of ether oxygens (including phenoxy) is 1. The van der Waals surface area contributed by atoms with Gasteiger partial charge in [0.2, 0.25) is 5.82 Å². The van der Waals surface area contributed by atoms with Crippen LogP contribution in [0.2, 0.25) is 0 Å². The van der Waals surface area contributed by atoms with Gasteiger partial charge in [-0.15, -0.1) is 0 Å². The average molecular weight is 514 g/mol. The first-order chi connectivity index (χ1) is 17.7. The molecular weight excluding hydrogens is 493 g/mol. The second kappa shape index (κ2) is 9.65. The van der Waals surface area contributed by atoms with Gasteiger partial charge in [-0.3, -0.25) is 14.0 Å². The fourth-order valence-corrected chi connectivity index (χ4v) is 4.14. The van der Waals surface area contributed by atoms with Crippen LogP contribution >= 0.6 is 0 Å². The van der Waals surface area contributed by atoms with Crippen LogP contribution < -0.4 is 5.32 Å². The summed E-state index contributed by atoms with van der Waals surface area (Å²) in [4.78, 5) is 35.7. The molecule has 4 aromatic rings. The number of alkyl halides is 3. The van der Waals surface area contributed by atoms with Crippen molar-refractivity contribution in [2.24, 2.45) is 0 Å². The first-order valence-electron chi connectivity index (χ1n) is 11.3. The molecule has 0 saturated carbocycles. The minimum Gasteiger partial charge on any atom is -0.377 e. The van der Waals surface area contributed by atoms with Gasteiger partial charge in [-0.25, -0.2) is 4.98 Å². The Labute approximate surface area is 208 Å². The number of aryl methyl sites for hydroxylation is 1. The lowest BCUT2D eigenvalue weighted by atomic mass is 10.1. The van der Waals surface area contributed by atoms with E-state index < -0.39 is 24.0 Å². The standard InChI is InChI=1S/C24H21F3N6O4/c1-14-19(33-9-3-2-4-18(33)29-14)22(35)32-10-11-36-13-17(32)12-28-21(34)16-7-5-15(6-8-16)20-30-23(37-31-20)24(25,26)27/h2-9,17H,10-13H2,1H3,(H,28,34)/t17-/m0/s1. The number of benzene rings is 1. The van der Waals surface area contributed by atoms with E-state index in [1.165, 1.54) is 24.3 Å². The fraction of sp³-hybridized carbons (Fsp3) is 0.292. The first kappa shape index (κ1) is 24.4. The van der Waals surface area contributed by atoms with Crippen LogP contribution in [0.5, 0.6) is 0 Å². The molecule has 3 aromatic heterocycles. The Morgan fingerprint density at radius 1 is 1.14 bits per heavy atom. The summed E-state index contributed by atoms with van der Waals surface area (Å²) in [6.07, 6.45) is -2.96. The number of amides is 2. The summed E-state index contributed by atoms with van der Waals surface area (Å²) >= 11 is 0. The average Bonchev–Trinajstić information content (AvgIpc) is 3.52. The van der Waals surface area contributed by atoms with Crippen molar-refractivity contribution in [2.75, 3.05) is 26.3 Å². The first-order valence-corrected chi connectivity index (χ1v) is 11.3. The number of halogens is 3. The molecule has 1 saturated heterocycles. The van der Waals surface area contributed by atoms with Crippen molar-refractivity contribution >= 4 is 17.5 Å². The maximum atomic E-state index is 13.5. The van der Waals surface area contributed by atoms with Gasteiger partial charge in [-0.1, -0.05) is 23.4 Å². The predicted molar refractivity (Wildman–Crippen MR) is 123 cm³/mol. The van der Waals surface area contributed by atoms with Crippen molar-refractivity contribution in [3.05, 3.63) is 71.5 Å². The molecule has 1 aliphatic rings. The number of nitrogens with zero attached hydrogens (tertiary/aromatic N) is 5. The van der Waals surface area contributed by atoms with Gasteiger partial charge in [0.25, 0.3) is 11.8 Å². The number of fused-ring (bicyclic) bond motifs is 1. The van der Waals surface area contributed by atoms with E-state index in [1.807, 2.05) is 18.2 Å². The molecule has 0 spiro atoms. The minimum atomic E-state index is -4.74. The van der Waals surface area contributed by atoms with E-state index in [-0.39, 0.29) is 36.0 Å². The number of hydrogen-bond acceptors (Lipinski definition) is 7. The molecule has 1 fully saturated rings. The SMILES string of the molecule is Cc1nc2ccccn2c1C(=O)N1CCOC[C@@H]1CNC(=O)c1ccc(-c2noc(C(F)(F)F)n2)cc1. The monoisotopic (exact) mass is 514 g/mol. The fourth-order valence-electron chi connectivity index (χ4n) is 4.14. The van der Waals surface area contributed by atoms with Crippen LogP contribution in [0.3, 0.4) is 0 Å². The largest absolute Gasteiger partial charge is 0.471 e. The predicted octanol–water partition coefficient (Wildman–Crippen LogP) is 2.98. The maximum Gasteiger partial charge on any atom is 0.471 e. The maximum absolute atomic E-state index is 13.5. The third kappa shape index (κ3) is 4.89. The Bertz CT molecular complexity index is 1450. The van der Waals surface area contributed by atoms with Crippen molar-refractivity contribution in [1.29, 1.82) is 0 Å². The van der Waals surface area contributed by atoms with E-state index in [1.54, 1.807) is 22.4 Å². The van der Waals surface area contributed by atoms with Gasteiger partial charge in [0.05, 0.1) is 24.9 Å². The van der Waals surface area contributed by atoms with E-state index in [4.69, 9.17) is 4.74 Å². The minimum absolute atomic E-state index is 0.141. The van der Waals surface area contributed by atoms with Gasteiger partial charge in [-0.05, 0) is 31.2 Å². The lowest BCUT2D eigenvalue weighted by Crippen LogP contribution is -2.53. The van der Waals surface area contributed by atoms with E-state index in [9.17, 15) is 22.8 Å². The summed E-state index contributed by atoms with van der Waals surface area (Å²) in [5, 5.41) is 6.13. The van der Waals surface area contributed by atoms with E-state index in [0.717, 1.165) is 0 Å². The smallest absolute Gasteiger partial charge is 0.377 e. The number of imidazole rings is 1. The summed E-state index contributed by atoms with van der Waals surface area (Å²) < 4.78 is 49.6. The number of rotatable bonds is 5. The Hall–Kier alpha value is -4.26. The lowest BCUT2D eigenvalue weighted by molar-refractivity contribution is -0.159. The van der Waals surface area contributed by atoms with Crippen molar-refractivity contribution in [2.45, 2.75) is 19.1 Å². The van der Waals surface area contributed by atoms with Gasteiger partial charge in [0.1, 0.15) is 11.3 Å². The number of carbonyl (C=O) groups is 2. The molecule has 2 amide bonds. The second-order valence-electron chi connectivity index (χ2n) is 8.41. The number of nitrogens with one attached hydrogen (secondary N) is 1. The van der Waals surface area contributed by atoms with Crippen LogP contribution in [0, 0.1) is 6.92 Å². The Morgan fingerprint density at radius 2 is 1.92 bits per heavy atom. The number of morpholine rings is 1. The molecule has 10 nitrogen and oxygen atoms in total. The third-order valence-corrected chi connectivity index (χ3v) is 5.97. The van der Waals surface area contributed by atoms with Gasteiger partial charge in [0, 0.05) is 30.4 Å². The van der Waals surface area contributed by atoms with E-state index in [0.29, 0.717) is 30.2 Å². The summed E-state index contributed by atoms with van der Waals surface area (Å²) in [5.74, 6) is -2.31. The molecule has 1 aromatic carbocycles. The summed E-state index contributed by atoms with van der Waals surface area (Å²) in [5.41, 5.74) is 2.27. The number of pyridine rings is 1. The normalized spacial score (nSPS) is 16.2. The molecule has 192 valence electrons. The topological polar surface area (TPSA) is 115 Å². The van der Waals surface area contributed by atoms with Crippen LogP contribution in [0.25, 0.3) is 17.0 Å². The summed E-state index contributed by atoms with van der Waals surface area (Å²) in [6.45, 7) is 2.90. The number of hydrogen-bond donors (Lipinski definition) is 1. The van der Waals surface area contributed by atoms with E-state index >= 15 is 0 Å². The molecule has 1 aliphatic heterocycles. The highest BCUT2D eigenvalue weighted by atomic mass is 19.4. The molecule has 0 unspecified atom stereocenters. The highest BCUT2D eigenvalue weighted by Crippen LogP contribution is 2.29. The van der Waals surface area contributed by atoms with Crippen molar-refractivity contribution < 1.29 is 32.0 Å². The van der Waals surface area contributed by atoms with Crippen LogP contribution in [0.1, 0.15) is 32.4 Å². The molecule has 0 radical (unpaired) electrons. The van der Waals surface area contributed by atoms with Gasteiger partial charge < -0.3 is 19.5 Å². The molecule has 0 bridgehead atoms.